The Morgan fingerprint density at radius 3 is 2.08 bits per heavy atom. The first-order valence-corrected chi connectivity index (χ1v) is 7.02. The summed E-state index contributed by atoms with van der Waals surface area (Å²) in [6, 6.07) is 13.4. The van der Waals surface area contributed by atoms with Gasteiger partial charge in [0.25, 0.3) is 5.69 Å². The first kappa shape index (κ1) is 16.0. The van der Waals surface area contributed by atoms with E-state index in [0.717, 1.165) is 29.0 Å². The number of hydrogen-bond acceptors (Lipinski definition) is 7. The van der Waals surface area contributed by atoms with Gasteiger partial charge < -0.3 is 5.11 Å². The molecule has 9 heteroatoms. The van der Waals surface area contributed by atoms with Gasteiger partial charge in [-0.15, -0.1) is 10.2 Å². The minimum absolute atomic E-state index is 0.131. The lowest BCUT2D eigenvalue weighted by molar-refractivity contribution is -0.393. The number of nitrogens with zero attached hydrogens (tertiary/aromatic N) is 4. The van der Waals surface area contributed by atoms with Crippen LogP contribution in [0.25, 0.3) is 10.8 Å². The molecule has 0 heterocycles. The van der Waals surface area contributed by atoms with Crippen LogP contribution in [0.2, 0.25) is 0 Å². The number of rotatable bonds is 4. The van der Waals surface area contributed by atoms with Crippen LogP contribution >= 0.6 is 0 Å². The number of phenolic OH excluding ortho intramolecular Hbond substituents is 1. The van der Waals surface area contributed by atoms with E-state index in [0.29, 0.717) is 0 Å². The van der Waals surface area contributed by atoms with Crippen molar-refractivity contribution in [2.45, 2.75) is 0 Å². The fraction of sp³-hybridized carbons (Fsp3) is 0. The van der Waals surface area contributed by atoms with Crippen molar-refractivity contribution in [2.24, 2.45) is 10.2 Å². The molecule has 124 valence electrons. The molecule has 0 aliphatic heterocycles. The number of non-ortho nitro benzene ring substituents is 1. The van der Waals surface area contributed by atoms with Crippen LogP contribution in [0.15, 0.2) is 64.8 Å². The highest BCUT2D eigenvalue weighted by Gasteiger charge is 2.19. The number of nitro groups is 2. The molecule has 9 nitrogen and oxygen atoms in total. The molecule has 0 saturated heterocycles. The van der Waals surface area contributed by atoms with Gasteiger partial charge in [-0.1, -0.05) is 24.3 Å². The molecule has 3 aromatic rings. The van der Waals surface area contributed by atoms with Crippen LogP contribution in [0.1, 0.15) is 0 Å². The molecular weight excluding hydrogens is 328 g/mol. The zero-order chi connectivity index (χ0) is 18.0. The Bertz CT molecular complexity index is 1030. The van der Waals surface area contributed by atoms with E-state index in [4.69, 9.17) is 0 Å². The SMILES string of the molecule is O=[N+]([O-])c1ccc(N=Nc2cc3ccccc3cc2O)c([N+](=O)[O-])c1. The largest absolute Gasteiger partial charge is 0.506 e. The third kappa shape index (κ3) is 3.24. The summed E-state index contributed by atoms with van der Waals surface area (Å²) in [5, 5.41) is 41.0. The van der Waals surface area contributed by atoms with Gasteiger partial charge in [-0.05, 0) is 29.0 Å². The second kappa shape index (κ2) is 6.32. The average molecular weight is 338 g/mol. The molecule has 0 aliphatic rings. The summed E-state index contributed by atoms with van der Waals surface area (Å²) >= 11 is 0. The van der Waals surface area contributed by atoms with E-state index < -0.39 is 21.2 Å². The van der Waals surface area contributed by atoms with Crippen LogP contribution in [0.3, 0.4) is 0 Å². The van der Waals surface area contributed by atoms with Crippen LogP contribution in [-0.4, -0.2) is 15.0 Å². The summed E-state index contributed by atoms with van der Waals surface area (Å²) in [5.74, 6) is -0.132. The number of nitro benzene ring substituents is 2. The fourth-order valence-electron chi connectivity index (χ4n) is 2.26. The van der Waals surface area contributed by atoms with Crippen molar-refractivity contribution < 1.29 is 15.0 Å². The molecule has 0 fully saturated rings. The Balaban J connectivity index is 2.03. The molecular formula is C16H10N4O5. The van der Waals surface area contributed by atoms with Gasteiger partial charge in [0.05, 0.1) is 15.9 Å². The normalized spacial score (nSPS) is 11.0. The number of azo groups is 1. The quantitative estimate of drug-likeness (QED) is 0.415. The predicted molar refractivity (Wildman–Crippen MR) is 89.5 cm³/mol. The maximum absolute atomic E-state index is 11.1. The van der Waals surface area contributed by atoms with Gasteiger partial charge in [0.15, 0.2) is 5.69 Å². The second-order valence-corrected chi connectivity index (χ2v) is 5.08. The van der Waals surface area contributed by atoms with Gasteiger partial charge >= 0.3 is 5.69 Å². The Kier molecular flexibility index (Phi) is 4.04. The van der Waals surface area contributed by atoms with Gasteiger partial charge in [0.1, 0.15) is 11.4 Å². The highest BCUT2D eigenvalue weighted by atomic mass is 16.6. The fourth-order valence-corrected chi connectivity index (χ4v) is 2.26. The molecule has 0 spiro atoms. The third-order valence-electron chi connectivity index (χ3n) is 3.47. The van der Waals surface area contributed by atoms with E-state index in [9.17, 15) is 25.3 Å². The average Bonchev–Trinajstić information content (AvgIpc) is 2.59. The van der Waals surface area contributed by atoms with Crippen molar-refractivity contribution in [1.29, 1.82) is 0 Å². The first-order chi connectivity index (χ1) is 12.0. The van der Waals surface area contributed by atoms with Gasteiger partial charge in [0.2, 0.25) is 0 Å². The van der Waals surface area contributed by atoms with Gasteiger partial charge in [-0.3, -0.25) is 20.2 Å². The lowest BCUT2D eigenvalue weighted by atomic mass is 10.1. The maximum atomic E-state index is 11.1. The molecule has 3 rings (SSSR count). The van der Waals surface area contributed by atoms with E-state index in [2.05, 4.69) is 10.2 Å². The molecule has 0 saturated carbocycles. The summed E-state index contributed by atoms with van der Waals surface area (Å²) in [7, 11) is 0. The molecule has 0 amide bonds. The zero-order valence-electron chi connectivity index (χ0n) is 12.6. The smallest absolute Gasteiger partial charge is 0.303 e. The Morgan fingerprint density at radius 2 is 1.44 bits per heavy atom. The summed E-state index contributed by atoms with van der Waals surface area (Å²) in [5.41, 5.74) is -0.980. The Labute approximate surface area is 140 Å². The van der Waals surface area contributed by atoms with E-state index in [1.807, 2.05) is 24.3 Å². The molecule has 0 radical (unpaired) electrons. The van der Waals surface area contributed by atoms with E-state index in [1.165, 1.54) is 6.07 Å². The van der Waals surface area contributed by atoms with Crippen molar-refractivity contribution in [2.75, 3.05) is 0 Å². The van der Waals surface area contributed by atoms with Crippen LogP contribution in [0, 0.1) is 20.2 Å². The molecule has 0 aromatic heterocycles. The maximum Gasteiger partial charge on any atom is 0.303 e. The van der Waals surface area contributed by atoms with Crippen molar-refractivity contribution in [1.82, 2.24) is 0 Å². The van der Waals surface area contributed by atoms with Crippen LogP contribution in [0.4, 0.5) is 22.7 Å². The zero-order valence-corrected chi connectivity index (χ0v) is 12.6. The molecule has 0 bridgehead atoms. The van der Waals surface area contributed by atoms with Crippen molar-refractivity contribution >= 4 is 33.5 Å². The van der Waals surface area contributed by atoms with E-state index in [-0.39, 0.29) is 17.1 Å². The minimum atomic E-state index is -0.776. The van der Waals surface area contributed by atoms with Crippen molar-refractivity contribution in [3.63, 3.8) is 0 Å². The monoisotopic (exact) mass is 338 g/mol. The number of aromatic hydroxyl groups is 1. The van der Waals surface area contributed by atoms with Crippen LogP contribution in [0.5, 0.6) is 5.75 Å². The number of benzene rings is 3. The molecule has 3 aromatic carbocycles. The third-order valence-corrected chi connectivity index (χ3v) is 3.47. The van der Waals surface area contributed by atoms with Crippen LogP contribution in [-0.2, 0) is 0 Å². The number of phenols is 1. The van der Waals surface area contributed by atoms with Crippen molar-refractivity contribution in [3.05, 3.63) is 74.8 Å². The van der Waals surface area contributed by atoms with Gasteiger partial charge in [-0.2, -0.15) is 0 Å². The standard InChI is InChI=1S/C16H10N4O5/c21-16-8-11-4-2-1-3-10(11)7-14(16)18-17-13-6-5-12(19(22)23)9-15(13)20(24)25/h1-9,21H. The van der Waals surface area contributed by atoms with Gasteiger partial charge in [0, 0.05) is 6.07 Å². The molecule has 0 atom stereocenters. The van der Waals surface area contributed by atoms with Gasteiger partial charge in [-0.25, -0.2) is 0 Å². The summed E-state index contributed by atoms with van der Waals surface area (Å²) in [6.45, 7) is 0. The predicted octanol–water partition coefficient (Wildman–Crippen LogP) is 4.78. The lowest BCUT2D eigenvalue weighted by Gasteiger charge is -2.02. The minimum Gasteiger partial charge on any atom is -0.506 e. The Hall–Kier alpha value is -3.88. The first-order valence-electron chi connectivity index (χ1n) is 7.02. The van der Waals surface area contributed by atoms with E-state index >= 15 is 0 Å². The van der Waals surface area contributed by atoms with Crippen molar-refractivity contribution in [3.8, 4) is 5.75 Å². The van der Waals surface area contributed by atoms with E-state index in [1.54, 1.807) is 6.07 Å². The second-order valence-electron chi connectivity index (χ2n) is 5.08. The van der Waals surface area contributed by atoms with Crippen LogP contribution < -0.4 is 0 Å². The highest BCUT2D eigenvalue weighted by molar-refractivity contribution is 5.87. The number of fused-ring (bicyclic) bond motifs is 1. The highest BCUT2D eigenvalue weighted by Crippen LogP contribution is 2.36. The molecule has 25 heavy (non-hydrogen) atoms. The molecule has 0 aliphatic carbocycles. The lowest BCUT2D eigenvalue weighted by Crippen LogP contribution is -1.92. The number of hydrogen-bond donors (Lipinski definition) is 1. The summed E-state index contributed by atoms with van der Waals surface area (Å²) in [6.07, 6.45) is 0. The summed E-state index contributed by atoms with van der Waals surface area (Å²) < 4.78 is 0. The topological polar surface area (TPSA) is 131 Å². The molecule has 1 N–H and O–H groups in total. The summed E-state index contributed by atoms with van der Waals surface area (Å²) in [4.78, 5) is 20.3. The Morgan fingerprint density at radius 1 is 0.800 bits per heavy atom. The molecule has 0 unspecified atom stereocenters.